The Labute approximate surface area is 96.8 Å². The summed E-state index contributed by atoms with van der Waals surface area (Å²) in [5.74, 6) is 0. The zero-order chi connectivity index (χ0) is 11.1. The van der Waals surface area contributed by atoms with Crippen molar-refractivity contribution in [2.45, 2.75) is 30.2 Å². The molecule has 0 aliphatic heterocycles. The molecule has 1 atom stereocenters. The number of benzene rings is 1. The first-order valence-corrected chi connectivity index (χ1v) is 6.51. The average molecular weight is 221 g/mol. The van der Waals surface area contributed by atoms with Gasteiger partial charge in [-0.1, -0.05) is 18.2 Å². The lowest BCUT2D eigenvalue weighted by molar-refractivity contribution is 0.617. The number of hydrogen-bond acceptors (Lipinski definition) is 2. The summed E-state index contributed by atoms with van der Waals surface area (Å²) in [6.45, 7) is 3.71. The lowest BCUT2D eigenvalue weighted by Gasteiger charge is -2.11. The van der Waals surface area contributed by atoms with Crippen LogP contribution >= 0.6 is 11.8 Å². The molecule has 82 valence electrons. The van der Waals surface area contributed by atoms with Gasteiger partial charge in [-0.3, -0.25) is 0 Å². The fourth-order valence-electron chi connectivity index (χ4n) is 1.50. The van der Waals surface area contributed by atoms with E-state index in [0.717, 1.165) is 19.3 Å². The highest BCUT2D eigenvalue weighted by atomic mass is 32.2. The first-order chi connectivity index (χ1) is 7.27. The van der Waals surface area contributed by atoms with Crippen molar-refractivity contribution < 1.29 is 0 Å². The summed E-state index contributed by atoms with van der Waals surface area (Å²) < 4.78 is 0. The van der Waals surface area contributed by atoms with Crippen LogP contribution in [0.25, 0.3) is 0 Å². The maximum absolute atomic E-state index is 6.09. The van der Waals surface area contributed by atoms with Gasteiger partial charge in [0.15, 0.2) is 0 Å². The van der Waals surface area contributed by atoms with Crippen molar-refractivity contribution in [1.82, 2.24) is 0 Å². The Morgan fingerprint density at radius 2 is 2.07 bits per heavy atom. The highest BCUT2D eigenvalue weighted by Crippen LogP contribution is 2.20. The van der Waals surface area contributed by atoms with Gasteiger partial charge in [-0.25, -0.2) is 0 Å². The third-order valence-corrected chi connectivity index (χ3v) is 3.21. The van der Waals surface area contributed by atoms with E-state index in [1.165, 1.54) is 10.5 Å². The second-order valence-corrected chi connectivity index (χ2v) is 4.48. The van der Waals surface area contributed by atoms with Gasteiger partial charge in [-0.05, 0) is 43.2 Å². The van der Waals surface area contributed by atoms with Gasteiger partial charge in [-0.2, -0.15) is 0 Å². The third kappa shape index (κ3) is 4.10. The second kappa shape index (κ2) is 6.70. The normalized spacial score (nSPS) is 12.4. The van der Waals surface area contributed by atoms with E-state index in [9.17, 15) is 0 Å². The predicted molar refractivity (Wildman–Crippen MR) is 69.2 cm³/mol. The molecule has 0 saturated heterocycles. The van der Waals surface area contributed by atoms with Crippen LogP contribution in [0.15, 0.2) is 41.8 Å². The number of thioether (sulfide) groups is 1. The standard InChI is InChI=1S/C13H19NS/c1-3-4-5-6-13(14)11-7-9-12(15-2)10-8-11/h3,7-10,13H,1,4-6,14H2,2H3. The molecule has 0 aromatic heterocycles. The fraction of sp³-hybridized carbons (Fsp3) is 0.385. The van der Waals surface area contributed by atoms with Crippen LogP contribution < -0.4 is 5.73 Å². The fourth-order valence-corrected chi connectivity index (χ4v) is 1.91. The van der Waals surface area contributed by atoms with Crippen molar-refractivity contribution in [2.24, 2.45) is 5.73 Å². The monoisotopic (exact) mass is 221 g/mol. The number of rotatable bonds is 6. The molecule has 2 N–H and O–H groups in total. The van der Waals surface area contributed by atoms with Gasteiger partial charge in [0.1, 0.15) is 0 Å². The molecule has 0 fully saturated rings. The minimum absolute atomic E-state index is 0.167. The quantitative estimate of drug-likeness (QED) is 0.449. The molecule has 1 aromatic rings. The molecule has 0 aliphatic carbocycles. The zero-order valence-electron chi connectivity index (χ0n) is 9.28. The Bertz CT molecular complexity index is 292. The highest BCUT2D eigenvalue weighted by molar-refractivity contribution is 7.98. The Morgan fingerprint density at radius 3 is 2.60 bits per heavy atom. The lowest BCUT2D eigenvalue weighted by Crippen LogP contribution is -2.09. The molecule has 0 aliphatic rings. The van der Waals surface area contributed by atoms with E-state index in [-0.39, 0.29) is 6.04 Å². The van der Waals surface area contributed by atoms with Crippen LogP contribution in [0.1, 0.15) is 30.9 Å². The first kappa shape index (κ1) is 12.3. The Balaban J connectivity index is 2.50. The van der Waals surface area contributed by atoms with Crippen molar-refractivity contribution in [3.63, 3.8) is 0 Å². The summed E-state index contributed by atoms with van der Waals surface area (Å²) in [7, 11) is 0. The SMILES string of the molecule is C=CCCCC(N)c1ccc(SC)cc1. The maximum atomic E-state index is 6.09. The van der Waals surface area contributed by atoms with Gasteiger partial charge in [0.25, 0.3) is 0 Å². The third-order valence-electron chi connectivity index (χ3n) is 2.47. The molecule has 1 rings (SSSR count). The Kier molecular flexibility index (Phi) is 5.51. The molecule has 1 unspecified atom stereocenters. The molecule has 0 spiro atoms. The van der Waals surface area contributed by atoms with E-state index < -0.39 is 0 Å². The second-order valence-electron chi connectivity index (χ2n) is 3.60. The molecular weight excluding hydrogens is 202 g/mol. The van der Waals surface area contributed by atoms with Gasteiger partial charge in [-0.15, -0.1) is 18.3 Å². The van der Waals surface area contributed by atoms with E-state index in [0.29, 0.717) is 0 Å². The molecule has 0 saturated carbocycles. The lowest BCUT2D eigenvalue weighted by atomic mass is 10.0. The van der Waals surface area contributed by atoms with Gasteiger partial charge >= 0.3 is 0 Å². The van der Waals surface area contributed by atoms with Crippen molar-refractivity contribution in [2.75, 3.05) is 6.26 Å². The van der Waals surface area contributed by atoms with Gasteiger partial charge in [0, 0.05) is 10.9 Å². The van der Waals surface area contributed by atoms with Gasteiger partial charge < -0.3 is 5.73 Å². The number of hydrogen-bond donors (Lipinski definition) is 1. The number of nitrogens with two attached hydrogens (primary N) is 1. The van der Waals surface area contributed by atoms with Gasteiger partial charge in [0.05, 0.1) is 0 Å². The summed E-state index contributed by atoms with van der Waals surface area (Å²) in [5, 5.41) is 0. The van der Waals surface area contributed by atoms with E-state index >= 15 is 0 Å². The van der Waals surface area contributed by atoms with Crippen molar-refractivity contribution in [3.05, 3.63) is 42.5 Å². The average Bonchev–Trinajstić information content (AvgIpc) is 2.29. The number of unbranched alkanes of at least 4 members (excludes halogenated alkanes) is 1. The van der Waals surface area contributed by atoms with Crippen molar-refractivity contribution in [3.8, 4) is 0 Å². The zero-order valence-corrected chi connectivity index (χ0v) is 10.1. The molecule has 1 aromatic carbocycles. The first-order valence-electron chi connectivity index (χ1n) is 5.28. The minimum Gasteiger partial charge on any atom is -0.324 e. The predicted octanol–water partition coefficient (Wildman–Crippen LogP) is 3.76. The molecule has 0 amide bonds. The topological polar surface area (TPSA) is 26.0 Å². The maximum Gasteiger partial charge on any atom is 0.0294 e. The molecule has 0 bridgehead atoms. The van der Waals surface area contributed by atoms with Crippen LogP contribution in [0, 0.1) is 0 Å². The van der Waals surface area contributed by atoms with Crippen LogP contribution in [0.2, 0.25) is 0 Å². The smallest absolute Gasteiger partial charge is 0.0294 e. The molecule has 0 radical (unpaired) electrons. The largest absolute Gasteiger partial charge is 0.324 e. The van der Waals surface area contributed by atoms with Crippen LogP contribution in [-0.2, 0) is 0 Å². The Morgan fingerprint density at radius 1 is 1.40 bits per heavy atom. The molecule has 0 heterocycles. The van der Waals surface area contributed by atoms with E-state index in [1.807, 2.05) is 6.08 Å². The van der Waals surface area contributed by atoms with Crippen LogP contribution in [0.3, 0.4) is 0 Å². The summed E-state index contributed by atoms with van der Waals surface area (Å²) >= 11 is 1.76. The summed E-state index contributed by atoms with van der Waals surface area (Å²) in [5.41, 5.74) is 7.32. The van der Waals surface area contributed by atoms with Crippen LogP contribution in [0.5, 0.6) is 0 Å². The molecular formula is C13H19NS. The van der Waals surface area contributed by atoms with Crippen LogP contribution in [0.4, 0.5) is 0 Å². The Hall–Kier alpha value is -0.730. The van der Waals surface area contributed by atoms with Crippen LogP contribution in [-0.4, -0.2) is 6.26 Å². The highest BCUT2D eigenvalue weighted by Gasteiger charge is 2.04. The van der Waals surface area contributed by atoms with E-state index in [1.54, 1.807) is 11.8 Å². The van der Waals surface area contributed by atoms with Crippen molar-refractivity contribution in [1.29, 1.82) is 0 Å². The van der Waals surface area contributed by atoms with E-state index in [4.69, 9.17) is 5.73 Å². The number of allylic oxidation sites excluding steroid dienone is 1. The summed E-state index contributed by atoms with van der Waals surface area (Å²) in [4.78, 5) is 1.29. The van der Waals surface area contributed by atoms with Gasteiger partial charge in [0.2, 0.25) is 0 Å². The molecule has 15 heavy (non-hydrogen) atoms. The van der Waals surface area contributed by atoms with E-state index in [2.05, 4.69) is 37.1 Å². The van der Waals surface area contributed by atoms with Crippen molar-refractivity contribution >= 4 is 11.8 Å². The minimum atomic E-state index is 0.167. The molecule has 2 heteroatoms. The summed E-state index contributed by atoms with van der Waals surface area (Å²) in [6, 6.07) is 8.69. The molecule has 1 nitrogen and oxygen atoms in total. The summed E-state index contributed by atoms with van der Waals surface area (Å²) in [6.07, 6.45) is 7.23.